The predicted octanol–water partition coefficient (Wildman–Crippen LogP) is 16.5. The molecule has 0 N–H and O–H groups in total. The molecule has 64 heavy (non-hydrogen) atoms. The first-order valence-corrected chi connectivity index (χ1v) is 22.4. The second kappa shape index (κ2) is 12.8. The van der Waals surface area contributed by atoms with Crippen LogP contribution >= 0.6 is 0 Å². The highest BCUT2D eigenvalue weighted by Crippen LogP contribution is 2.63. The molecule has 300 valence electrons. The molecule has 2 heteroatoms. The minimum absolute atomic E-state index is 0.156. The quantitative estimate of drug-likeness (QED) is 0.177. The standard InChI is InChI=1S/C62H41NO/c1-61(2)52-23-11-7-20-46(52)47-31-28-41(37-57(47)61)63(40-30-34-59-51(36-40)48-21-10-14-26-58(48)64-59)39-29-33-55-50(35-39)44-18-6-5-17-43(44)45-19-8-12-24-53(45)62(55)54-25-13-9-22-49(54)60-42-16-4-3-15-38(42)27-32-56(60)62/h3-37H,1-2H3. The third-order valence-electron chi connectivity index (χ3n) is 14.9. The molecular weight excluding hydrogens is 775 g/mol. The Morgan fingerprint density at radius 2 is 0.844 bits per heavy atom. The minimum atomic E-state index is -0.581. The van der Waals surface area contributed by atoms with Crippen LogP contribution in [-0.4, -0.2) is 0 Å². The van der Waals surface area contributed by atoms with E-state index in [1.807, 2.05) is 6.07 Å². The molecule has 0 amide bonds. The van der Waals surface area contributed by atoms with E-state index in [1.54, 1.807) is 0 Å². The molecule has 0 radical (unpaired) electrons. The second-order valence-electron chi connectivity index (χ2n) is 18.3. The van der Waals surface area contributed by atoms with Crippen LogP contribution in [0.1, 0.15) is 47.2 Å². The van der Waals surface area contributed by atoms with Crippen molar-refractivity contribution in [3.05, 3.63) is 246 Å². The summed E-state index contributed by atoms with van der Waals surface area (Å²) in [5.41, 5.74) is 22.5. The summed E-state index contributed by atoms with van der Waals surface area (Å²) >= 11 is 0. The smallest absolute Gasteiger partial charge is 0.135 e. The van der Waals surface area contributed by atoms with Crippen LogP contribution in [-0.2, 0) is 10.8 Å². The normalized spacial score (nSPS) is 15.8. The van der Waals surface area contributed by atoms with Gasteiger partial charge in [-0.05, 0) is 137 Å². The third kappa shape index (κ3) is 4.59. The zero-order valence-corrected chi connectivity index (χ0v) is 35.6. The highest BCUT2D eigenvalue weighted by atomic mass is 16.3. The fourth-order valence-electron chi connectivity index (χ4n) is 12.1. The van der Waals surface area contributed by atoms with Crippen LogP contribution in [0.5, 0.6) is 0 Å². The van der Waals surface area contributed by atoms with Crippen LogP contribution in [0.3, 0.4) is 0 Å². The first-order valence-electron chi connectivity index (χ1n) is 22.4. The van der Waals surface area contributed by atoms with Gasteiger partial charge in [0.15, 0.2) is 0 Å². The predicted molar refractivity (Wildman–Crippen MR) is 265 cm³/mol. The number of hydrogen-bond acceptors (Lipinski definition) is 2. The molecular formula is C62H41NO. The Morgan fingerprint density at radius 1 is 0.328 bits per heavy atom. The summed E-state index contributed by atoms with van der Waals surface area (Å²) < 4.78 is 6.40. The van der Waals surface area contributed by atoms with Crippen molar-refractivity contribution in [2.24, 2.45) is 0 Å². The monoisotopic (exact) mass is 815 g/mol. The fraction of sp³-hybridized carbons (Fsp3) is 0.0645. The van der Waals surface area contributed by atoms with E-state index < -0.39 is 5.41 Å². The molecule has 0 saturated heterocycles. The van der Waals surface area contributed by atoms with Gasteiger partial charge in [-0.2, -0.15) is 0 Å². The third-order valence-corrected chi connectivity index (χ3v) is 14.9. The van der Waals surface area contributed by atoms with E-state index >= 15 is 0 Å². The van der Waals surface area contributed by atoms with Crippen LogP contribution in [0.15, 0.2) is 217 Å². The number of furan rings is 1. The second-order valence-corrected chi connectivity index (χ2v) is 18.3. The van der Waals surface area contributed by atoms with Gasteiger partial charge >= 0.3 is 0 Å². The number of anilines is 3. The van der Waals surface area contributed by atoms with Crippen molar-refractivity contribution in [3.63, 3.8) is 0 Å². The van der Waals surface area contributed by atoms with Crippen LogP contribution < -0.4 is 4.90 Å². The van der Waals surface area contributed by atoms with Crippen molar-refractivity contribution in [3.8, 4) is 44.5 Å². The molecule has 1 spiro atoms. The Morgan fingerprint density at radius 3 is 1.66 bits per heavy atom. The van der Waals surface area contributed by atoms with E-state index in [2.05, 4.69) is 225 Å². The molecule has 1 heterocycles. The maximum Gasteiger partial charge on any atom is 0.135 e. The van der Waals surface area contributed by atoms with Crippen molar-refractivity contribution in [2.75, 3.05) is 4.90 Å². The Balaban J connectivity index is 1.08. The van der Waals surface area contributed by atoms with Crippen molar-refractivity contribution in [1.82, 2.24) is 0 Å². The molecule has 14 rings (SSSR count). The van der Waals surface area contributed by atoms with Gasteiger partial charge in [-0.15, -0.1) is 0 Å². The van der Waals surface area contributed by atoms with Gasteiger partial charge in [0.05, 0.1) is 5.41 Å². The minimum Gasteiger partial charge on any atom is -0.456 e. The van der Waals surface area contributed by atoms with E-state index in [-0.39, 0.29) is 5.41 Å². The van der Waals surface area contributed by atoms with Gasteiger partial charge in [0.2, 0.25) is 0 Å². The largest absolute Gasteiger partial charge is 0.456 e. The summed E-state index contributed by atoms with van der Waals surface area (Å²) in [7, 11) is 0. The fourth-order valence-corrected chi connectivity index (χ4v) is 12.1. The van der Waals surface area contributed by atoms with Crippen LogP contribution in [0.25, 0.3) is 77.2 Å². The Bertz CT molecular complexity index is 3790. The number of benzene rings is 10. The maximum atomic E-state index is 6.40. The molecule has 1 atom stereocenters. The Kier molecular flexibility index (Phi) is 7.13. The molecule has 1 aromatic heterocycles. The molecule has 0 bridgehead atoms. The van der Waals surface area contributed by atoms with Gasteiger partial charge in [0.1, 0.15) is 11.2 Å². The summed E-state index contributed by atoms with van der Waals surface area (Å²) in [6, 6.07) is 79.4. The summed E-state index contributed by atoms with van der Waals surface area (Å²) in [5.74, 6) is 0. The van der Waals surface area contributed by atoms with Crippen molar-refractivity contribution in [2.45, 2.75) is 24.7 Å². The molecule has 3 aliphatic carbocycles. The van der Waals surface area contributed by atoms with Crippen LogP contribution in [0, 0.1) is 0 Å². The first-order chi connectivity index (χ1) is 31.5. The lowest BCUT2D eigenvalue weighted by Gasteiger charge is -2.36. The number of hydrogen-bond donors (Lipinski definition) is 0. The van der Waals surface area contributed by atoms with Crippen molar-refractivity contribution < 1.29 is 4.42 Å². The van der Waals surface area contributed by atoms with Crippen molar-refractivity contribution in [1.29, 1.82) is 0 Å². The Labute approximate surface area is 372 Å². The van der Waals surface area contributed by atoms with Gasteiger partial charge in [-0.3, -0.25) is 0 Å². The molecule has 0 saturated carbocycles. The average Bonchev–Trinajstić information content (AvgIpc) is 3.92. The Hall–Kier alpha value is -7.94. The van der Waals surface area contributed by atoms with Gasteiger partial charge in [-0.1, -0.05) is 178 Å². The van der Waals surface area contributed by atoms with E-state index in [0.717, 1.165) is 39.0 Å². The van der Waals surface area contributed by atoms with Gasteiger partial charge in [0.25, 0.3) is 0 Å². The molecule has 10 aromatic carbocycles. The van der Waals surface area contributed by atoms with E-state index in [0.29, 0.717) is 0 Å². The summed E-state index contributed by atoms with van der Waals surface area (Å²) in [5, 5.41) is 4.77. The average molecular weight is 816 g/mol. The van der Waals surface area contributed by atoms with E-state index in [1.165, 1.54) is 88.7 Å². The number of fused-ring (bicyclic) bond motifs is 20. The highest BCUT2D eigenvalue weighted by molar-refractivity contribution is 6.08. The zero-order chi connectivity index (χ0) is 42.3. The van der Waals surface area contributed by atoms with E-state index in [4.69, 9.17) is 4.42 Å². The van der Waals surface area contributed by atoms with Crippen LogP contribution in [0.4, 0.5) is 17.1 Å². The molecule has 2 nitrogen and oxygen atoms in total. The zero-order valence-electron chi connectivity index (χ0n) is 35.6. The lowest BCUT2D eigenvalue weighted by atomic mass is 9.65. The molecule has 3 aliphatic rings. The van der Waals surface area contributed by atoms with E-state index in [9.17, 15) is 0 Å². The first kappa shape index (κ1) is 35.6. The maximum absolute atomic E-state index is 6.40. The van der Waals surface area contributed by atoms with Gasteiger partial charge in [0, 0.05) is 33.2 Å². The number of rotatable bonds is 3. The van der Waals surface area contributed by atoms with Gasteiger partial charge in [-0.25, -0.2) is 0 Å². The lowest BCUT2D eigenvalue weighted by Crippen LogP contribution is -2.29. The summed E-state index contributed by atoms with van der Waals surface area (Å²) in [6.45, 7) is 4.73. The summed E-state index contributed by atoms with van der Waals surface area (Å²) in [4.78, 5) is 2.47. The van der Waals surface area contributed by atoms with Crippen molar-refractivity contribution >= 4 is 49.8 Å². The van der Waals surface area contributed by atoms with Gasteiger partial charge < -0.3 is 9.32 Å². The SMILES string of the molecule is CC1(C)c2ccccc2-c2ccc(N(c3ccc4c(c3)-c3ccccc3-c3ccccc3C43c4ccccc4-c4c3ccc3ccccc43)c3ccc4oc5ccccc5c4c3)cc21. The molecule has 11 aromatic rings. The number of para-hydroxylation sites is 1. The molecule has 1 unspecified atom stereocenters. The summed E-state index contributed by atoms with van der Waals surface area (Å²) in [6.07, 6.45) is 0. The number of nitrogens with zero attached hydrogens (tertiary/aromatic N) is 1. The topological polar surface area (TPSA) is 16.4 Å². The molecule has 0 fully saturated rings. The molecule has 0 aliphatic heterocycles. The lowest BCUT2D eigenvalue weighted by molar-refractivity contribution is 0.660. The highest BCUT2D eigenvalue weighted by Gasteiger charge is 2.50. The van der Waals surface area contributed by atoms with Crippen LogP contribution in [0.2, 0.25) is 0 Å².